The van der Waals surface area contributed by atoms with E-state index in [2.05, 4.69) is 30.4 Å². The van der Waals surface area contributed by atoms with Crippen LogP contribution in [0, 0.1) is 0 Å². The van der Waals surface area contributed by atoms with Crippen LogP contribution in [-0.2, 0) is 0 Å². The van der Waals surface area contributed by atoms with Crippen molar-refractivity contribution in [1.82, 2.24) is 20.2 Å². The Hall–Kier alpha value is -4.01. The van der Waals surface area contributed by atoms with Gasteiger partial charge in [-0.05, 0) is 18.2 Å². The molecule has 9 nitrogen and oxygen atoms in total. The van der Waals surface area contributed by atoms with Crippen LogP contribution in [0.1, 0.15) is 0 Å². The van der Waals surface area contributed by atoms with Crippen LogP contribution < -0.4 is 17.0 Å². The molecule has 0 amide bonds. The molecule has 0 aliphatic carbocycles. The van der Waals surface area contributed by atoms with E-state index in [9.17, 15) is 4.79 Å². The topological polar surface area (TPSA) is 151 Å². The predicted octanol–water partition coefficient (Wildman–Crippen LogP) is 2.89. The highest BCUT2D eigenvalue weighted by molar-refractivity contribution is 5.80. The van der Waals surface area contributed by atoms with Crippen LogP contribution in [-0.4, -0.2) is 20.2 Å². The van der Waals surface area contributed by atoms with Gasteiger partial charge in [0.15, 0.2) is 11.5 Å². The Morgan fingerprint density at radius 2 is 1.73 bits per heavy atom. The van der Waals surface area contributed by atoms with Gasteiger partial charge in [-0.2, -0.15) is 5.10 Å². The molecule has 2 heterocycles. The third kappa shape index (κ3) is 2.67. The lowest BCUT2D eigenvalue weighted by atomic mass is 10.1. The highest BCUT2D eigenvalue weighted by Crippen LogP contribution is 2.32. The molecule has 2 aromatic heterocycles. The first-order valence-corrected chi connectivity index (χ1v) is 7.73. The number of rotatable bonds is 3. The molecule has 0 saturated heterocycles. The Morgan fingerprint density at radius 1 is 0.962 bits per heavy atom. The van der Waals surface area contributed by atoms with Gasteiger partial charge in [0.05, 0.1) is 16.7 Å². The standard InChI is InChI=1S/C17H14N8O/c18-15-14(16(19)25-24-15)23-22-10-6-2-1-5-9(10)13-17(26)21-12-8-4-3-7-11(12)20-13/h1-8H,(H,21,26)(H5,18,19,24,25)/b23-22+. The van der Waals surface area contributed by atoms with Gasteiger partial charge < -0.3 is 16.5 Å². The van der Waals surface area contributed by atoms with E-state index in [0.29, 0.717) is 22.3 Å². The average Bonchev–Trinajstić information content (AvgIpc) is 2.97. The maximum absolute atomic E-state index is 12.5. The van der Waals surface area contributed by atoms with Crippen LogP contribution in [0.25, 0.3) is 22.3 Å². The Bertz CT molecular complexity index is 1170. The summed E-state index contributed by atoms with van der Waals surface area (Å²) in [6.07, 6.45) is 0. The van der Waals surface area contributed by atoms with Crippen molar-refractivity contribution in [2.75, 3.05) is 11.5 Å². The number of nitrogens with two attached hydrogens (primary N) is 2. The summed E-state index contributed by atoms with van der Waals surface area (Å²) in [5.41, 5.74) is 14.0. The van der Waals surface area contributed by atoms with Crippen LogP contribution in [0.3, 0.4) is 0 Å². The zero-order valence-corrected chi connectivity index (χ0v) is 13.5. The zero-order chi connectivity index (χ0) is 18.1. The van der Waals surface area contributed by atoms with Gasteiger partial charge in [0, 0.05) is 5.56 Å². The number of hydrogen-bond acceptors (Lipinski definition) is 7. The molecule has 4 aromatic rings. The second-order valence-corrected chi connectivity index (χ2v) is 5.52. The van der Waals surface area contributed by atoms with Crippen molar-refractivity contribution in [2.45, 2.75) is 0 Å². The van der Waals surface area contributed by atoms with Crippen molar-refractivity contribution in [3.05, 3.63) is 58.9 Å². The molecule has 0 fully saturated rings. The molecule has 9 heteroatoms. The van der Waals surface area contributed by atoms with E-state index in [0.717, 1.165) is 0 Å². The van der Waals surface area contributed by atoms with Crippen LogP contribution in [0.2, 0.25) is 0 Å². The fourth-order valence-corrected chi connectivity index (χ4v) is 2.55. The zero-order valence-electron chi connectivity index (χ0n) is 13.5. The van der Waals surface area contributed by atoms with Crippen LogP contribution >= 0.6 is 0 Å². The molecule has 6 N–H and O–H groups in total. The number of benzene rings is 2. The van der Waals surface area contributed by atoms with Gasteiger partial charge in [0.25, 0.3) is 5.56 Å². The molecule has 0 radical (unpaired) electrons. The number of para-hydroxylation sites is 2. The predicted molar refractivity (Wildman–Crippen MR) is 99.4 cm³/mol. The van der Waals surface area contributed by atoms with Gasteiger partial charge >= 0.3 is 0 Å². The summed E-state index contributed by atoms with van der Waals surface area (Å²) >= 11 is 0. The summed E-state index contributed by atoms with van der Waals surface area (Å²) in [5, 5.41) is 14.5. The van der Waals surface area contributed by atoms with Crippen molar-refractivity contribution in [3.63, 3.8) is 0 Å². The van der Waals surface area contributed by atoms with Crippen molar-refractivity contribution in [1.29, 1.82) is 0 Å². The largest absolute Gasteiger partial charge is 0.382 e. The van der Waals surface area contributed by atoms with Crippen molar-refractivity contribution in [3.8, 4) is 11.3 Å². The number of nitrogens with one attached hydrogen (secondary N) is 2. The van der Waals surface area contributed by atoms with E-state index in [-0.39, 0.29) is 28.6 Å². The van der Waals surface area contributed by atoms with E-state index in [1.807, 2.05) is 18.2 Å². The summed E-state index contributed by atoms with van der Waals surface area (Å²) in [6, 6.07) is 14.4. The van der Waals surface area contributed by atoms with Crippen LogP contribution in [0.4, 0.5) is 23.0 Å². The van der Waals surface area contributed by atoms with Crippen molar-refractivity contribution in [2.24, 2.45) is 10.2 Å². The molecule has 4 rings (SSSR count). The number of nitrogen functional groups attached to an aromatic ring is 2. The number of anilines is 2. The highest BCUT2D eigenvalue weighted by atomic mass is 16.1. The number of nitrogens with zero attached hydrogens (tertiary/aromatic N) is 4. The van der Waals surface area contributed by atoms with E-state index in [4.69, 9.17) is 11.5 Å². The summed E-state index contributed by atoms with van der Waals surface area (Å²) in [5.74, 6) is 0.357. The van der Waals surface area contributed by atoms with E-state index < -0.39 is 0 Å². The molecule has 128 valence electrons. The molecule has 0 spiro atoms. The third-order valence-electron chi connectivity index (χ3n) is 3.81. The van der Waals surface area contributed by atoms with Gasteiger partial charge in [-0.25, -0.2) is 4.98 Å². The molecule has 0 bridgehead atoms. The minimum Gasteiger partial charge on any atom is -0.382 e. The van der Waals surface area contributed by atoms with E-state index in [1.165, 1.54) is 0 Å². The minimum atomic E-state index is -0.311. The second kappa shape index (κ2) is 6.13. The molecule has 2 aromatic carbocycles. The van der Waals surface area contributed by atoms with E-state index in [1.54, 1.807) is 30.3 Å². The molecule has 0 unspecified atom stereocenters. The quantitative estimate of drug-likeness (QED) is 0.420. The van der Waals surface area contributed by atoms with Gasteiger partial charge in [-0.1, -0.05) is 30.3 Å². The van der Waals surface area contributed by atoms with Crippen LogP contribution in [0.5, 0.6) is 0 Å². The second-order valence-electron chi connectivity index (χ2n) is 5.52. The minimum absolute atomic E-state index is 0.144. The fraction of sp³-hybridized carbons (Fsp3) is 0. The lowest BCUT2D eigenvalue weighted by molar-refractivity contribution is 1.11. The monoisotopic (exact) mass is 346 g/mol. The first-order chi connectivity index (χ1) is 12.6. The van der Waals surface area contributed by atoms with Gasteiger partial charge in [0.1, 0.15) is 11.5 Å². The Morgan fingerprint density at radius 3 is 2.54 bits per heavy atom. The maximum atomic E-state index is 12.5. The van der Waals surface area contributed by atoms with Crippen LogP contribution in [0.15, 0.2) is 63.6 Å². The molecule has 0 aliphatic rings. The number of hydrogen-bond donors (Lipinski definition) is 4. The molecule has 0 aliphatic heterocycles. The Balaban J connectivity index is 1.84. The Labute approximate surface area is 146 Å². The lowest BCUT2D eigenvalue weighted by Gasteiger charge is -2.05. The fourth-order valence-electron chi connectivity index (χ4n) is 2.55. The number of aromatic nitrogens is 4. The van der Waals surface area contributed by atoms with Gasteiger partial charge in [-0.3, -0.25) is 9.89 Å². The van der Waals surface area contributed by atoms with E-state index >= 15 is 0 Å². The maximum Gasteiger partial charge on any atom is 0.275 e. The molecule has 26 heavy (non-hydrogen) atoms. The average molecular weight is 346 g/mol. The molecule has 0 atom stereocenters. The molecular formula is C17H14N8O. The SMILES string of the molecule is Nc1n[nH]c(N)c1/N=N/c1ccccc1-c1nc2ccccc2[nH]c1=O. The summed E-state index contributed by atoms with van der Waals surface area (Å²) < 4.78 is 0. The Kier molecular flexibility index (Phi) is 3.66. The highest BCUT2D eigenvalue weighted by Gasteiger charge is 2.12. The first kappa shape index (κ1) is 15.5. The number of fused-ring (bicyclic) bond motifs is 1. The summed E-state index contributed by atoms with van der Waals surface area (Å²) in [4.78, 5) is 19.8. The first-order valence-electron chi connectivity index (χ1n) is 7.73. The smallest absolute Gasteiger partial charge is 0.275 e. The normalized spacial score (nSPS) is 11.4. The molecule has 0 saturated carbocycles. The molecular weight excluding hydrogens is 332 g/mol. The third-order valence-corrected chi connectivity index (χ3v) is 3.81. The summed E-state index contributed by atoms with van der Waals surface area (Å²) in [7, 11) is 0. The lowest BCUT2D eigenvalue weighted by Crippen LogP contribution is -2.11. The van der Waals surface area contributed by atoms with Crippen molar-refractivity contribution < 1.29 is 0 Å². The van der Waals surface area contributed by atoms with Gasteiger partial charge in [0.2, 0.25) is 0 Å². The van der Waals surface area contributed by atoms with Gasteiger partial charge in [-0.15, -0.1) is 10.2 Å². The number of H-pyrrole nitrogens is 2. The number of aromatic amines is 2. The number of azo groups is 1. The van der Waals surface area contributed by atoms with Crippen molar-refractivity contribution >= 4 is 34.0 Å². The summed E-state index contributed by atoms with van der Waals surface area (Å²) in [6.45, 7) is 0.